The van der Waals surface area contributed by atoms with E-state index in [9.17, 15) is 18.3 Å². The molecular formula is C14H17N3O4S. The van der Waals surface area contributed by atoms with Gasteiger partial charge in [-0.25, -0.2) is 8.42 Å². The van der Waals surface area contributed by atoms with Crippen LogP contribution >= 0.6 is 0 Å². The Bertz CT molecular complexity index is 749. The van der Waals surface area contributed by atoms with Crippen LogP contribution in [0.2, 0.25) is 0 Å². The summed E-state index contributed by atoms with van der Waals surface area (Å²) in [7, 11) is -2.48. The number of aliphatic carboxylic acids is 1. The number of sulfonamides is 1. The van der Waals surface area contributed by atoms with Crippen LogP contribution in [0, 0.1) is 6.92 Å². The van der Waals surface area contributed by atoms with Crippen molar-refractivity contribution in [3.05, 3.63) is 47.7 Å². The molecule has 0 fully saturated rings. The van der Waals surface area contributed by atoms with Gasteiger partial charge < -0.3 is 5.11 Å². The van der Waals surface area contributed by atoms with Crippen LogP contribution in [0.5, 0.6) is 0 Å². The van der Waals surface area contributed by atoms with Crippen molar-refractivity contribution in [3.63, 3.8) is 0 Å². The highest BCUT2D eigenvalue weighted by Crippen LogP contribution is 2.14. The van der Waals surface area contributed by atoms with Gasteiger partial charge >= 0.3 is 5.97 Å². The van der Waals surface area contributed by atoms with Crippen LogP contribution in [-0.2, 0) is 28.3 Å². The molecule has 2 aromatic rings. The number of carboxylic acids is 1. The quantitative estimate of drug-likeness (QED) is 0.815. The van der Waals surface area contributed by atoms with Crippen molar-refractivity contribution in [2.45, 2.75) is 24.4 Å². The summed E-state index contributed by atoms with van der Waals surface area (Å²) in [6, 6.07) is 7.60. The molecule has 0 aliphatic rings. The highest BCUT2D eigenvalue weighted by molar-refractivity contribution is 7.89. The van der Waals surface area contributed by atoms with Gasteiger partial charge in [0.05, 0.1) is 6.20 Å². The molecule has 0 unspecified atom stereocenters. The predicted molar refractivity (Wildman–Crippen MR) is 79.8 cm³/mol. The monoisotopic (exact) mass is 323 g/mol. The first-order valence-corrected chi connectivity index (χ1v) is 8.07. The van der Waals surface area contributed by atoms with Gasteiger partial charge in [0.15, 0.2) is 5.03 Å². The van der Waals surface area contributed by atoms with Gasteiger partial charge in [-0.2, -0.15) is 9.82 Å². The number of hydrogen-bond donors (Lipinski definition) is 2. The van der Waals surface area contributed by atoms with Gasteiger partial charge in [-0.05, 0) is 18.9 Å². The topological polar surface area (TPSA) is 101 Å². The van der Waals surface area contributed by atoms with E-state index in [1.165, 1.54) is 17.9 Å². The minimum atomic E-state index is -3.97. The maximum atomic E-state index is 12.4. The van der Waals surface area contributed by atoms with Gasteiger partial charge in [0.1, 0.15) is 6.04 Å². The molecular weight excluding hydrogens is 306 g/mol. The number of hydrogen-bond acceptors (Lipinski definition) is 4. The minimum absolute atomic E-state index is 0.0354. The Morgan fingerprint density at radius 3 is 2.50 bits per heavy atom. The van der Waals surface area contributed by atoms with Crippen molar-refractivity contribution < 1.29 is 18.3 Å². The first-order valence-electron chi connectivity index (χ1n) is 6.59. The number of nitrogens with zero attached hydrogens (tertiary/aromatic N) is 2. The standard InChI is InChI=1S/C14H17N3O4S/c1-10-9-15-17(2)13(10)22(20,21)16-12(14(18)19)8-11-6-4-3-5-7-11/h3-7,9,12,16H,8H2,1-2H3,(H,18,19)/t12-/m1/s1. The van der Waals surface area contributed by atoms with E-state index in [1.807, 2.05) is 6.07 Å². The number of nitrogens with one attached hydrogen (secondary N) is 1. The molecule has 1 heterocycles. The molecule has 0 spiro atoms. The maximum absolute atomic E-state index is 12.4. The first kappa shape index (κ1) is 16.2. The Labute approximate surface area is 128 Å². The van der Waals surface area contributed by atoms with Crippen molar-refractivity contribution in [2.75, 3.05) is 0 Å². The Hall–Kier alpha value is -2.19. The summed E-state index contributed by atoms with van der Waals surface area (Å²) in [4.78, 5) is 11.4. The Morgan fingerprint density at radius 2 is 2.00 bits per heavy atom. The summed E-state index contributed by atoms with van der Waals surface area (Å²) in [5.74, 6) is -1.23. The number of aryl methyl sites for hydroxylation is 2. The molecule has 0 radical (unpaired) electrons. The molecule has 0 aliphatic heterocycles. The zero-order valence-electron chi connectivity index (χ0n) is 12.2. The van der Waals surface area contributed by atoms with Crippen molar-refractivity contribution in [1.29, 1.82) is 0 Å². The number of benzene rings is 1. The fraction of sp³-hybridized carbons (Fsp3) is 0.286. The Morgan fingerprint density at radius 1 is 1.36 bits per heavy atom. The van der Waals surface area contributed by atoms with E-state index >= 15 is 0 Å². The van der Waals surface area contributed by atoms with Gasteiger partial charge in [-0.15, -0.1) is 0 Å². The molecule has 8 heteroatoms. The van der Waals surface area contributed by atoms with E-state index in [2.05, 4.69) is 9.82 Å². The van der Waals surface area contributed by atoms with Crippen LogP contribution < -0.4 is 4.72 Å². The molecule has 0 amide bonds. The Kier molecular flexibility index (Phi) is 4.62. The molecule has 0 bridgehead atoms. The lowest BCUT2D eigenvalue weighted by Gasteiger charge is -2.15. The highest BCUT2D eigenvalue weighted by atomic mass is 32.2. The van der Waals surface area contributed by atoms with Crippen LogP contribution in [-0.4, -0.2) is 35.3 Å². The van der Waals surface area contributed by atoms with E-state index in [-0.39, 0.29) is 11.4 Å². The molecule has 118 valence electrons. The summed E-state index contributed by atoms with van der Waals surface area (Å²) < 4.78 is 28.3. The first-order chi connectivity index (χ1) is 10.3. The Balaban J connectivity index is 2.26. The third-order valence-electron chi connectivity index (χ3n) is 3.19. The van der Waals surface area contributed by atoms with Crippen LogP contribution in [0.1, 0.15) is 11.1 Å². The molecule has 1 atom stereocenters. The van der Waals surface area contributed by atoms with E-state index in [4.69, 9.17) is 0 Å². The predicted octanol–water partition coefficient (Wildman–Crippen LogP) is 0.703. The molecule has 7 nitrogen and oxygen atoms in total. The van der Waals surface area contributed by atoms with E-state index in [1.54, 1.807) is 31.2 Å². The second-order valence-electron chi connectivity index (χ2n) is 4.96. The van der Waals surface area contributed by atoms with Crippen LogP contribution in [0.3, 0.4) is 0 Å². The van der Waals surface area contributed by atoms with Gasteiger partial charge in [-0.3, -0.25) is 9.48 Å². The largest absolute Gasteiger partial charge is 0.480 e. The van der Waals surface area contributed by atoms with Crippen molar-refractivity contribution >= 4 is 16.0 Å². The van der Waals surface area contributed by atoms with Crippen molar-refractivity contribution in [3.8, 4) is 0 Å². The maximum Gasteiger partial charge on any atom is 0.322 e. The zero-order valence-corrected chi connectivity index (χ0v) is 13.0. The minimum Gasteiger partial charge on any atom is -0.480 e. The van der Waals surface area contributed by atoms with Crippen molar-refractivity contribution in [1.82, 2.24) is 14.5 Å². The molecule has 2 rings (SSSR count). The molecule has 1 aromatic heterocycles. The summed E-state index contributed by atoms with van der Waals surface area (Å²) >= 11 is 0. The summed E-state index contributed by atoms with van der Waals surface area (Å²) in [5.41, 5.74) is 1.19. The fourth-order valence-corrected chi connectivity index (χ4v) is 3.74. The normalized spacial score (nSPS) is 13.0. The number of aromatic nitrogens is 2. The van der Waals surface area contributed by atoms with Crippen molar-refractivity contribution in [2.24, 2.45) is 7.05 Å². The summed E-state index contributed by atoms with van der Waals surface area (Å²) in [6.45, 7) is 1.61. The van der Waals surface area contributed by atoms with E-state index < -0.39 is 22.0 Å². The number of rotatable bonds is 6. The number of carboxylic acid groups (broad SMARTS) is 1. The van der Waals surface area contributed by atoms with E-state index in [0.717, 1.165) is 5.56 Å². The lowest BCUT2D eigenvalue weighted by atomic mass is 10.1. The SMILES string of the molecule is Cc1cnn(C)c1S(=O)(=O)N[C@H](Cc1ccccc1)C(=O)O. The molecule has 22 heavy (non-hydrogen) atoms. The smallest absolute Gasteiger partial charge is 0.322 e. The van der Waals surface area contributed by atoms with Crippen LogP contribution in [0.4, 0.5) is 0 Å². The average Bonchev–Trinajstić information content (AvgIpc) is 2.79. The second-order valence-corrected chi connectivity index (χ2v) is 6.59. The van der Waals surface area contributed by atoms with Gasteiger partial charge in [0, 0.05) is 12.6 Å². The third-order valence-corrected chi connectivity index (χ3v) is 4.88. The van der Waals surface area contributed by atoms with Gasteiger partial charge in [-0.1, -0.05) is 30.3 Å². The molecule has 0 saturated heterocycles. The van der Waals surface area contributed by atoms with E-state index in [0.29, 0.717) is 5.56 Å². The average molecular weight is 323 g/mol. The van der Waals surface area contributed by atoms with Gasteiger partial charge in [0.2, 0.25) is 0 Å². The van der Waals surface area contributed by atoms with Gasteiger partial charge in [0.25, 0.3) is 10.0 Å². The third kappa shape index (κ3) is 3.52. The lowest BCUT2D eigenvalue weighted by molar-refractivity contribution is -0.138. The lowest BCUT2D eigenvalue weighted by Crippen LogP contribution is -2.43. The van der Waals surface area contributed by atoms with Crippen LogP contribution in [0.15, 0.2) is 41.6 Å². The zero-order chi connectivity index (χ0) is 16.3. The summed E-state index contributed by atoms with van der Waals surface area (Å²) in [6.07, 6.45) is 1.48. The second kappa shape index (κ2) is 6.29. The molecule has 0 aliphatic carbocycles. The number of carbonyl (C=O) groups is 1. The highest BCUT2D eigenvalue weighted by Gasteiger charge is 2.28. The molecule has 2 N–H and O–H groups in total. The molecule has 1 aromatic carbocycles. The fourth-order valence-electron chi connectivity index (χ4n) is 2.19. The molecule has 0 saturated carbocycles. The summed E-state index contributed by atoms with van der Waals surface area (Å²) in [5, 5.41) is 13.1. The van der Waals surface area contributed by atoms with Crippen LogP contribution in [0.25, 0.3) is 0 Å².